The molecule has 0 aromatic carbocycles. The van der Waals surface area contributed by atoms with Gasteiger partial charge in [0, 0.05) is 5.92 Å². The summed E-state index contributed by atoms with van der Waals surface area (Å²) in [6, 6.07) is 0. The van der Waals surface area contributed by atoms with Crippen molar-refractivity contribution in [3.8, 4) is 0 Å². The molecule has 16 heavy (non-hydrogen) atoms. The lowest BCUT2D eigenvalue weighted by Crippen LogP contribution is -2.55. The lowest BCUT2D eigenvalue weighted by atomic mass is 9.86. The molecule has 2 aliphatic heterocycles. The molecular formula is C12H20O3Si. The van der Waals surface area contributed by atoms with Gasteiger partial charge in [0.05, 0.1) is 12.0 Å². The zero-order chi connectivity index (χ0) is 12.1. The third-order valence-corrected chi connectivity index (χ3v) is 4.21. The molecule has 0 spiro atoms. The average Bonchev–Trinajstić information content (AvgIpc) is 2.53. The molecule has 2 heterocycles. The summed E-state index contributed by atoms with van der Waals surface area (Å²) in [6.45, 7) is 10.2. The number of carbonyl (C=O) groups is 1. The van der Waals surface area contributed by atoms with Crippen LogP contribution in [0.3, 0.4) is 0 Å². The molecule has 2 bridgehead atoms. The fraction of sp³-hybridized carbons (Fsp3) is 0.750. The highest BCUT2D eigenvalue weighted by Crippen LogP contribution is 2.43. The van der Waals surface area contributed by atoms with Gasteiger partial charge in [0.15, 0.2) is 14.1 Å². The van der Waals surface area contributed by atoms with Gasteiger partial charge in [0.25, 0.3) is 0 Å². The van der Waals surface area contributed by atoms with Crippen LogP contribution in [0.15, 0.2) is 12.2 Å². The lowest BCUT2D eigenvalue weighted by Gasteiger charge is -2.43. The van der Waals surface area contributed by atoms with E-state index >= 15 is 0 Å². The summed E-state index contributed by atoms with van der Waals surface area (Å²) in [5, 5.41) is 0. The minimum absolute atomic E-state index is 0.0490. The number of hydrogen-bond acceptors (Lipinski definition) is 3. The number of ketones is 1. The number of rotatable bonds is 2. The molecule has 2 aliphatic rings. The predicted molar refractivity (Wildman–Crippen MR) is 64.5 cm³/mol. The van der Waals surface area contributed by atoms with Gasteiger partial charge in [-0.25, -0.2) is 0 Å². The zero-order valence-electron chi connectivity index (χ0n) is 10.6. The Morgan fingerprint density at radius 3 is 2.56 bits per heavy atom. The third-order valence-electron chi connectivity index (χ3n) is 3.28. The number of carbonyl (C=O) groups excluding carboxylic acids is 1. The number of fused-ring (bicyclic) bond motifs is 2. The molecule has 1 saturated heterocycles. The highest BCUT2D eigenvalue weighted by Gasteiger charge is 2.54. The molecule has 0 unspecified atom stereocenters. The van der Waals surface area contributed by atoms with Crippen molar-refractivity contribution in [1.29, 1.82) is 0 Å². The van der Waals surface area contributed by atoms with Crippen LogP contribution in [0.1, 0.15) is 13.8 Å². The van der Waals surface area contributed by atoms with E-state index in [1.54, 1.807) is 0 Å². The van der Waals surface area contributed by atoms with Crippen LogP contribution in [-0.2, 0) is 14.0 Å². The second-order valence-corrected chi connectivity index (χ2v) is 10.2. The Labute approximate surface area is 97.9 Å². The third kappa shape index (κ3) is 1.79. The second-order valence-electron chi connectivity index (χ2n) is 5.79. The maximum atomic E-state index is 12.1. The minimum atomic E-state index is -1.73. The highest BCUT2D eigenvalue weighted by molar-refractivity contribution is 6.69. The second kappa shape index (κ2) is 3.52. The van der Waals surface area contributed by atoms with Crippen molar-refractivity contribution < 1.29 is 14.0 Å². The van der Waals surface area contributed by atoms with E-state index in [1.165, 1.54) is 0 Å². The first-order valence-electron chi connectivity index (χ1n) is 5.86. The first-order valence-corrected chi connectivity index (χ1v) is 9.27. The van der Waals surface area contributed by atoms with Gasteiger partial charge in [-0.1, -0.05) is 13.0 Å². The molecule has 0 radical (unpaired) electrons. The average molecular weight is 240 g/mol. The van der Waals surface area contributed by atoms with Crippen LogP contribution in [0.25, 0.3) is 0 Å². The van der Waals surface area contributed by atoms with Crippen molar-refractivity contribution >= 4 is 14.1 Å². The van der Waals surface area contributed by atoms with Crippen molar-refractivity contribution in [2.24, 2.45) is 11.8 Å². The van der Waals surface area contributed by atoms with Crippen molar-refractivity contribution in [1.82, 2.24) is 0 Å². The van der Waals surface area contributed by atoms with Gasteiger partial charge in [-0.3, -0.25) is 4.79 Å². The number of ether oxygens (including phenoxy) is 1. The summed E-state index contributed by atoms with van der Waals surface area (Å²) < 4.78 is 12.0. The van der Waals surface area contributed by atoms with Crippen LogP contribution in [0, 0.1) is 11.8 Å². The van der Waals surface area contributed by atoms with Gasteiger partial charge < -0.3 is 9.16 Å². The predicted octanol–water partition coefficient (Wildman–Crippen LogP) is 2.34. The van der Waals surface area contributed by atoms with E-state index in [1.807, 2.05) is 26.0 Å². The van der Waals surface area contributed by atoms with Crippen LogP contribution in [0.5, 0.6) is 0 Å². The number of Topliss-reactive ketones (excluding diaryl/α,β-unsaturated/α-hetero) is 1. The van der Waals surface area contributed by atoms with Crippen LogP contribution in [0.2, 0.25) is 19.6 Å². The molecule has 0 N–H and O–H groups in total. The summed E-state index contributed by atoms with van der Waals surface area (Å²) in [5.41, 5.74) is 0. The van der Waals surface area contributed by atoms with Gasteiger partial charge in [-0.05, 0) is 32.6 Å². The van der Waals surface area contributed by atoms with Gasteiger partial charge >= 0.3 is 0 Å². The molecular weight excluding hydrogens is 220 g/mol. The standard InChI is InChI=1S/C12H20O3Si/c1-8-10-6-7-12(14-10,9(2)11(8)13)15-16(3,4)5/h6-10H,1-5H3/t8-,9-,10-,12-/m1/s1. The van der Waals surface area contributed by atoms with Gasteiger partial charge in [0.2, 0.25) is 0 Å². The molecule has 1 fully saturated rings. The molecule has 90 valence electrons. The molecule has 2 rings (SSSR count). The maximum absolute atomic E-state index is 12.1. The highest BCUT2D eigenvalue weighted by atomic mass is 28.4. The zero-order valence-corrected chi connectivity index (χ0v) is 11.6. The largest absolute Gasteiger partial charge is 0.387 e. The van der Waals surface area contributed by atoms with Crippen molar-refractivity contribution in [3.63, 3.8) is 0 Å². The Morgan fingerprint density at radius 2 is 2.00 bits per heavy atom. The molecule has 0 saturated carbocycles. The summed E-state index contributed by atoms with van der Waals surface area (Å²) in [5.74, 6) is -0.783. The normalized spacial score (nSPS) is 42.8. The van der Waals surface area contributed by atoms with E-state index in [0.29, 0.717) is 0 Å². The quantitative estimate of drug-likeness (QED) is 0.549. The fourth-order valence-corrected chi connectivity index (χ4v) is 3.66. The van der Waals surface area contributed by atoms with E-state index in [9.17, 15) is 4.79 Å². The van der Waals surface area contributed by atoms with Crippen LogP contribution < -0.4 is 0 Å². The molecule has 3 nitrogen and oxygen atoms in total. The number of hydrogen-bond donors (Lipinski definition) is 0. The molecule has 0 aromatic rings. The molecule has 4 atom stereocenters. The van der Waals surface area contributed by atoms with E-state index in [0.717, 1.165) is 0 Å². The lowest BCUT2D eigenvalue weighted by molar-refractivity contribution is -0.218. The molecule has 0 aliphatic carbocycles. The van der Waals surface area contributed by atoms with Crippen LogP contribution in [0.4, 0.5) is 0 Å². The fourth-order valence-electron chi connectivity index (χ4n) is 2.41. The van der Waals surface area contributed by atoms with E-state index in [4.69, 9.17) is 9.16 Å². The molecule has 4 heteroatoms. The summed E-state index contributed by atoms with van der Waals surface area (Å²) >= 11 is 0. The summed E-state index contributed by atoms with van der Waals surface area (Å²) in [7, 11) is -1.73. The van der Waals surface area contributed by atoms with Crippen LogP contribution >= 0.6 is 0 Å². The Hall–Kier alpha value is -0.453. The molecule has 0 amide bonds. The van der Waals surface area contributed by atoms with Gasteiger partial charge in [0.1, 0.15) is 5.78 Å². The SMILES string of the molecule is C[C@@H]1C(=O)[C@H](C)[C@H]2C=C[C@]1(O[Si](C)(C)C)O2. The smallest absolute Gasteiger partial charge is 0.189 e. The Morgan fingerprint density at radius 1 is 1.38 bits per heavy atom. The Bertz CT molecular complexity index is 345. The summed E-state index contributed by atoms with van der Waals surface area (Å²) in [6.07, 6.45) is 3.83. The Balaban J connectivity index is 2.29. The van der Waals surface area contributed by atoms with E-state index in [2.05, 4.69) is 19.6 Å². The first kappa shape index (κ1) is 12.0. The van der Waals surface area contributed by atoms with Crippen molar-refractivity contribution in [3.05, 3.63) is 12.2 Å². The van der Waals surface area contributed by atoms with Crippen molar-refractivity contribution in [2.75, 3.05) is 0 Å². The Kier molecular flexibility index (Phi) is 2.64. The van der Waals surface area contributed by atoms with E-state index < -0.39 is 14.1 Å². The van der Waals surface area contributed by atoms with Gasteiger partial charge in [-0.2, -0.15) is 0 Å². The molecule has 0 aromatic heterocycles. The van der Waals surface area contributed by atoms with E-state index in [-0.39, 0.29) is 23.7 Å². The summed E-state index contributed by atoms with van der Waals surface area (Å²) in [4.78, 5) is 12.1. The maximum Gasteiger partial charge on any atom is 0.189 e. The topological polar surface area (TPSA) is 35.5 Å². The van der Waals surface area contributed by atoms with Gasteiger partial charge in [-0.15, -0.1) is 0 Å². The van der Waals surface area contributed by atoms with Crippen LogP contribution in [-0.4, -0.2) is 26.0 Å². The monoisotopic (exact) mass is 240 g/mol. The first-order chi connectivity index (χ1) is 7.25. The minimum Gasteiger partial charge on any atom is -0.387 e. The van der Waals surface area contributed by atoms with Crippen molar-refractivity contribution in [2.45, 2.75) is 45.4 Å².